The van der Waals surface area contributed by atoms with E-state index in [2.05, 4.69) is 0 Å². The maximum atomic E-state index is 13.6. The molecule has 90 valence electrons. The predicted octanol–water partition coefficient (Wildman–Crippen LogP) is 3.78. The molecule has 0 amide bonds. The molecule has 0 heterocycles. The first-order valence-electron chi connectivity index (χ1n) is 4.88. The first-order valence-corrected chi connectivity index (χ1v) is 4.88. The Kier molecular flexibility index (Phi) is 3.02. The van der Waals surface area contributed by atoms with Gasteiger partial charge in [-0.15, -0.1) is 0 Å². The molecule has 0 aliphatic rings. The molecule has 0 bridgehead atoms. The van der Waals surface area contributed by atoms with Crippen LogP contribution in [-0.2, 0) is 0 Å². The summed E-state index contributed by atoms with van der Waals surface area (Å²) in [6.07, 6.45) is 0. The fraction of sp³-hybridized carbons (Fsp3) is 0. The second kappa shape index (κ2) is 4.49. The Bertz CT molecular complexity index is 615. The minimum Gasteiger partial charge on any atom is -0.206 e. The molecule has 18 heavy (non-hydrogen) atoms. The average molecular weight is 251 g/mol. The van der Waals surface area contributed by atoms with Crippen LogP contribution in [0.25, 0.3) is 11.1 Å². The van der Waals surface area contributed by atoms with Crippen molar-refractivity contribution in [3.8, 4) is 17.2 Å². The summed E-state index contributed by atoms with van der Waals surface area (Å²) in [7, 11) is 0. The Hall–Kier alpha value is -2.35. The number of rotatable bonds is 1. The van der Waals surface area contributed by atoms with E-state index in [1.807, 2.05) is 0 Å². The molecule has 0 spiro atoms. The van der Waals surface area contributed by atoms with Gasteiger partial charge in [-0.25, -0.2) is 17.6 Å². The summed E-state index contributed by atoms with van der Waals surface area (Å²) in [5.74, 6) is -4.51. The van der Waals surface area contributed by atoms with E-state index in [1.54, 1.807) is 6.07 Å². The lowest BCUT2D eigenvalue weighted by atomic mass is 10.0. The van der Waals surface area contributed by atoms with E-state index >= 15 is 0 Å². The second-order valence-corrected chi connectivity index (χ2v) is 3.52. The maximum Gasteiger partial charge on any atom is 0.135 e. The second-order valence-electron chi connectivity index (χ2n) is 3.52. The zero-order valence-corrected chi connectivity index (χ0v) is 8.85. The molecule has 0 saturated heterocycles. The molecular weight excluding hydrogens is 246 g/mol. The Morgan fingerprint density at radius 3 is 1.67 bits per heavy atom. The van der Waals surface area contributed by atoms with Gasteiger partial charge in [0.2, 0.25) is 0 Å². The summed E-state index contributed by atoms with van der Waals surface area (Å²) in [5.41, 5.74) is -1.85. The molecule has 0 aliphatic heterocycles. The minimum absolute atomic E-state index is 0.259. The quantitative estimate of drug-likeness (QED) is 0.707. The van der Waals surface area contributed by atoms with Gasteiger partial charge in [0.15, 0.2) is 0 Å². The summed E-state index contributed by atoms with van der Waals surface area (Å²) in [4.78, 5) is 0. The SMILES string of the molecule is N#Cc1cc(F)c(-c2c(F)cccc2F)c(F)c1. The van der Waals surface area contributed by atoms with Gasteiger partial charge in [-0.05, 0) is 24.3 Å². The van der Waals surface area contributed by atoms with Crippen LogP contribution in [-0.4, -0.2) is 0 Å². The third kappa shape index (κ3) is 1.93. The predicted molar refractivity (Wildman–Crippen MR) is 56.4 cm³/mol. The number of halogens is 4. The van der Waals surface area contributed by atoms with E-state index in [4.69, 9.17) is 5.26 Å². The number of hydrogen-bond acceptors (Lipinski definition) is 1. The Balaban J connectivity index is 2.77. The van der Waals surface area contributed by atoms with Gasteiger partial charge in [-0.1, -0.05) is 6.07 Å². The van der Waals surface area contributed by atoms with E-state index in [9.17, 15) is 17.6 Å². The van der Waals surface area contributed by atoms with Gasteiger partial charge in [0.05, 0.1) is 22.8 Å². The fourth-order valence-corrected chi connectivity index (χ4v) is 1.61. The van der Waals surface area contributed by atoms with Crippen LogP contribution in [0.1, 0.15) is 5.56 Å². The normalized spacial score (nSPS) is 10.2. The molecule has 0 N–H and O–H groups in total. The van der Waals surface area contributed by atoms with Crippen molar-refractivity contribution in [1.82, 2.24) is 0 Å². The smallest absolute Gasteiger partial charge is 0.135 e. The van der Waals surface area contributed by atoms with Crippen molar-refractivity contribution in [3.05, 3.63) is 59.2 Å². The molecule has 2 aromatic rings. The van der Waals surface area contributed by atoms with E-state index in [0.717, 1.165) is 30.3 Å². The molecule has 0 atom stereocenters. The zero-order chi connectivity index (χ0) is 13.3. The van der Waals surface area contributed by atoms with Crippen LogP contribution in [0.3, 0.4) is 0 Å². The summed E-state index contributed by atoms with van der Waals surface area (Å²) in [5, 5.41) is 8.53. The Morgan fingerprint density at radius 2 is 1.22 bits per heavy atom. The molecule has 2 aromatic carbocycles. The van der Waals surface area contributed by atoms with Gasteiger partial charge < -0.3 is 0 Å². The summed E-state index contributed by atoms with van der Waals surface area (Å²) < 4.78 is 54.1. The number of nitriles is 1. The van der Waals surface area contributed by atoms with Crippen molar-refractivity contribution in [3.63, 3.8) is 0 Å². The summed E-state index contributed by atoms with van der Waals surface area (Å²) in [6.45, 7) is 0. The highest BCUT2D eigenvalue weighted by molar-refractivity contribution is 5.67. The highest BCUT2D eigenvalue weighted by Crippen LogP contribution is 2.31. The molecule has 0 unspecified atom stereocenters. The van der Waals surface area contributed by atoms with Crippen LogP contribution in [0.4, 0.5) is 17.6 Å². The van der Waals surface area contributed by atoms with Gasteiger partial charge in [-0.2, -0.15) is 5.26 Å². The number of benzene rings is 2. The lowest BCUT2D eigenvalue weighted by Gasteiger charge is -2.08. The molecule has 2 rings (SSSR count). The van der Waals surface area contributed by atoms with Crippen molar-refractivity contribution in [2.75, 3.05) is 0 Å². The largest absolute Gasteiger partial charge is 0.206 e. The fourth-order valence-electron chi connectivity index (χ4n) is 1.61. The third-order valence-electron chi connectivity index (χ3n) is 2.38. The minimum atomic E-state index is -1.18. The Morgan fingerprint density at radius 1 is 0.778 bits per heavy atom. The van der Waals surface area contributed by atoms with E-state index in [1.165, 1.54) is 0 Å². The molecule has 0 fully saturated rings. The van der Waals surface area contributed by atoms with Gasteiger partial charge in [0, 0.05) is 0 Å². The van der Waals surface area contributed by atoms with Crippen molar-refractivity contribution in [2.24, 2.45) is 0 Å². The molecule has 1 nitrogen and oxygen atoms in total. The van der Waals surface area contributed by atoms with Crippen molar-refractivity contribution >= 4 is 0 Å². The van der Waals surface area contributed by atoms with Gasteiger partial charge >= 0.3 is 0 Å². The van der Waals surface area contributed by atoms with Gasteiger partial charge in [-0.3, -0.25) is 0 Å². The lowest BCUT2D eigenvalue weighted by Crippen LogP contribution is -1.97. The van der Waals surface area contributed by atoms with Crippen LogP contribution in [0.15, 0.2) is 30.3 Å². The standard InChI is InChI=1S/C13H5F4N/c14-8-2-1-3-9(15)12(8)13-10(16)4-7(6-18)5-11(13)17/h1-5H. The molecular formula is C13H5F4N. The third-order valence-corrected chi connectivity index (χ3v) is 2.38. The molecule has 0 radical (unpaired) electrons. The summed E-state index contributed by atoms with van der Waals surface area (Å²) >= 11 is 0. The lowest BCUT2D eigenvalue weighted by molar-refractivity contribution is 0.563. The highest BCUT2D eigenvalue weighted by atomic mass is 19.1. The molecule has 5 heteroatoms. The van der Waals surface area contributed by atoms with Crippen LogP contribution in [0.2, 0.25) is 0 Å². The van der Waals surface area contributed by atoms with Crippen LogP contribution < -0.4 is 0 Å². The Labute approximate surface area is 99.9 Å². The van der Waals surface area contributed by atoms with E-state index in [0.29, 0.717) is 0 Å². The van der Waals surface area contributed by atoms with Crippen molar-refractivity contribution in [1.29, 1.82) is 5.26 Å². The summed E-state index contributed by atoms with van der Waals surface area (Å²) in [6, 6.07) is 5.89. The number of hydrogen-bond donors (Lipinski definition) is 0. The first kappa shape index (κ1) is 12.1. The topological polar surface area (TPSA) is 23.8 Å². The van der Waals surface area contributed by atoms with E-state index in [-0.39, 0.29) is 5.56 Å². The van der Waals surface area contributed by atoms with Gasteiger partial charge in [0.1, 0.15) is 23.3 Å². The molecule has 0 aromatic heterocycles. The monoisotopic (exact) mass is 251 g/mol. The molecule has 0 aliphatic carbocycles. The van der Waals surface area contributed by atoms with Crippen LogP contribution in [0, 0.1) is 34.6 Å². The van der Waals surface area contributed by atoms with E-state index < -0.39 is 34.4 Å². The van der Waals surface area contributed by atoms with Crippen molar-refractivity contribution < 1.29 is 17.6 Å². The molecule has 0 saturated carbocycles. The van der Waals surface area contributed by atoms with Crippen LogP contribution >= 0.6 is 0 Å². The first-order chi connectivity index (χ1) is 8.54. The van der Waals surface area contributed by atoms with Crippen molar-refractivity contribution in [2.45, 2.75) is 0 Å². The zero-order valence-electron chi connectivity index (χ0n) is 8.85. The highest BCUT2D eigenvalue weighted by Gasteiger charge is 2.20. The van der Waals surface area contributed by atoms with Gasteiger partial charge in [0.25, 0.3) is 0 Å². The van der Waals surface area contributed by atoms with Crippen LogP contribution in [0.5, 0.6) is 0 Å². The average Bonchev–Trinajstić information content (AvgIpc) is 2.31. The number of nitrogens with zero attached hydrogens (tertiary/aromatic N) is 1. The maximum absolute atomic E-state index is 13.6.